The van der Waals surface area contributed by atoms with Crippen LogP contribution in [0.15, 0.2) is 30.3 Å². The zero-order valence-corrected chi connectivity index (χ0v) is 19.8. The Morgan fingerprint density at radius 1 is 1.06 bits per heavy atom. The van der Waals surface area contributed by atoms with E-state index in [-0.39, 0.29) is 35.7 Å². The molecule has 3 fully saturated rings. The fourth-order valence-corrected chi connectivity index (χ4v) is 5.44. The van der Waals surface area contributed by atoms with Gasteiger partial charge in [0.15, 0.2) is 0 Å². The minimum absolute atomic E-state index is 0.0638. The van der Waals surface area contributed by atoms with Gasteiger partial charge in [0, 0.05) is 25.0 Å². The van der Waals surface area contributed by atoms with Crippen LogP contribution in [-0.4, -0.2) is 66.4 Å². The van der Waals surface area contributed by atoms with Gasteiger partial charge in [-0.05, 0) is 76.1 Å². The number of piperidine rings is 1. The minimum atomic E-state index is -0.325. The molecule has 3 unspecified atom stereocenters. The molecule has 180 valence electrons. The standard InChI is InChI=1S/C26H38N4O3/c1-19-10-15-29(16-11-19)14-5-13-27-24(31)21-8-9-22-23(18-21)28-26(33)30(25(22)32)17-12-20-6-3-2-4-7-20/h2-4,6-7,19,21-23H,5,8-18H2,1H3,(H,27,31)(H,28,33). The van der Waals surface area contributed by atoms with E-state index in [1.165, 1.54) is 17.7 Å². The van der Waals surface area contributed by atoms with Crippen molar-refractivity contribution in [1.29, 1.82) is 0 Å². The molecule has 0 radical (unpaired) electrons. The van der Waals surface area contributed by atoms with Crippen LogP contribution in [0.3, 0.4) is 0 Å². The predicted octanol–water partition coefficient (Wildman–Crippen LogP) is 2.80. The summed E-state index contributed by atoms with van der Waals surface area (Å²) >= 11 is 0. The number of hydrogen-bond donors (Lipinski definition) is 2. The number of hydrogen-bond acceptors (Lipinski definition) is 4. The Labute approximate surface area is 197 Å². The Kier molecular flexibility index (Phi) is 8.02. The smallest absolute Gasteiger partial charge is 0.324 e. The van der Waals surface area contributed by atoms with Gasteiger partial charge < -0.3 is 15.5 Å². The van der Waals surface area contributed by atoms with Crippen LogP contribution < -0.4 is 10.6 Å². The predicted molar refractivity (Wildman–Crippen MR) is 127 cm³/mol. The average molecular weight is 455 g/mol. The van der Waals surface area contributed by atoms with Gasteiger partial charge in [-0.1, -0.05) is 37.3 Å². The fourth-order valence-electron chi connectivity index (χ4n) is 5.44. The van der Waals surface area contributed by atoms with Gasteiger partial charge in [0.25, 0.3) is 0 Å². The quantitative estimate of drug-likeness (QED) is 0.592. The first-order chi connectivity index (χ1) is 16.0. The van der Waals surface area contributed by atoms with Crippen molar-refractivity contribution < 1.29 is 14.4 Å². The highest BCUT2D eigenvalue weighted by Crippen LogP contribution is 2.33. The van der Waals surface area contributed by atoms with Gasteiger partial charge in [0.05, 0.1) is 5.92 Å². The summed E-state index contributed by atoms with van der Waals surface area (Å²) in [5.74, 6) is 0.456. The Morgan fingerprint density at radius 3 is 2.58 bits per heavy atom. The first kappa shape index (κ1) is 23.7. The second kappa shape index (κ2) is 11.1. The number of nitrogens with zero attached hydrogens (tertiary/aromatic N) is 2. The molecule has 2 heterocycles. The van der Waals surface area contributed by atoms with Gasteiger partial charge in [-0.2, -0.15) is 0 Å². The lowest BCUT2D eigenvalue weighted by Gasteiger charge is -2.42. The van der Waals surface area contributed by atoms with Crippen molar-refractivity contribution in [2.75, 3.05) is 32.7 Å². The molecule has 7 nitrogen and oxygen atoms in total. The summed E-state index contributed by atoms with van der Waals surface area (Å²) in [4.78, 5) is 42.2. The van der Waals surface area contributed by atoms with Crippen LogP contribution in [0.2, 0.25) is 0 Å². The number of likely N-dealkylation sites (tertiary alicyclic amines) is 1. The van der Waals surface area contributed by atoms with E-state index in [0.29, 0.717) is 38.8 Å². The summed E-state index contributed by atoms with van der Waals surface area (Å²) in [6, 6.07) is 9.33. The third-order valence-electron chi connectivity index (χ3n) is 7.65. The van der Waals surface area contributed by atoms with Gasteiger partial charge in [0.1, 0.15) is 0 Å². The summed E-state index contributed by atoms with van der Waals surface area (Å²) in [6.07, 6.45) is 6.05. The van der Waals surface area contributed by atoms with E-state index in [1.54, 1.807) is 0 Å². The van der Waals surface area contributed by atoms with Gasteiger partial charge >= 0.3 is 6.03 Å². The monoisotopic (exact) mass is 454 g/mol. The Morgan fingerprint density at radius 2 is 1.82 bits per heavy atom. The number of carbonyl (C=O) groups is 3. The first-order valence-electron chi connectivity index (χ1n) is 12.7. The highest BCUT2D eigenvalue weighted by molar-refractivity contribution is 5.99. The zero-order valence-electron chi connectivity index (χ0n) is 19.8. The molecule has 2 N–H and O–H groups in total. The molecule has 1 aliphatic carbocycles. The number of fused-ring (bicyclic) bond motifs is 1. The molecule has 4 rings (SSSR count). The van der Waals surface area contributed by atoms with Crippen LogP contribution in [0, 0.1) is 17.8 Å². The molecule has 4 amide bonds. The zero-order chi connectivity index (χ0) is 23.2. The Bertz CT molecular complexity index is 822. The molecule has 7 heteroatoms. The third kappa shape index (κ3) is 6.14. The van der Waals surface area contributed by atoms with Crippen LogP contribution in [-0.2, 0) is 16.0 Å². The maximum Gasteiger partial charge on any atom is 0.324 e. The van der Waals surface area contributed by atoms with Crippen molar-refractivity contribution in [3.8, 4) is 0 Å². The molecule has 3 aliphatic rings. The molecule has 1 aromatic rings. The highest BCUT2D eigenvalue weighted by Gasteiger charge is 2.45. The lowest BCUT2D eigenvalue weighted by Crippen LogP contribution is -2.62. The highest BCUT2D eigenvalue weighted by atomic mass is 16.2. The molecule has 0 bridgehead atoms. The Hall–Kier alpha value is -2.41. The van der Waals surface area contributed by atoms with Crippen LogP contribution in [0.25, 0.3) is 0 Å². The average Bonchev–Trinajstić information content (AvgIpc) is 2.83. The van der Waals surface area contributed by atoms with E-state index in [4.69, 9.17) is 0 Å². The van der Waals surface area contributed by atoms with Crippen LogP contribution in [0.5, 0.6) is 0 Å². The maximum atomic E-state index is 13.0. The number of benzene rings is 1. The number of amides is 4. The summed E-state index contributed by atoms with van der Waals surface area (Å²) in [7, 11) is 0. The van der Waals surface area contributed by atoms with Crippen molar-refractivity contribution in [2.24, 2.45) is 17.8 Å². The van der Waals surface area contributed by atoms with Crippen molar-refractivity contribution in [2.45, 2.75) is 57.9 Å². The van der Waals surface area contributed by atoms with Gasteiger partial charge in [-0.15, -0.1) is 0 Å². The van der Waals surface area contributed by atoms with Crippen LogP contribution >= 0.6 is 0 Å². The van der Waals surface area contributed by atoms with E-state index >= 15 is 0 Å². The second-order valence-electron chi connectivity index (χ2n) is 10.1. The maximum absolute atomic E-state index is 13.0. The van der Waals surface area contributed by atoms with Gasteiger partial charge in [-0.25, -0.2) is 4.79 Å². The van der Waals surface area contributed by atoms with E-state index in [2.05, 4.69) is 22.5 Å². The number of nitrogens with one attached hydrogen (secondary N) is 2. The number of carbonyl (C=O) groups excluding carboxylic acids is 3. The summed E-state index contributed by atoms with van der Waals surface area (Å²) in [6.45, 7) is 6.75. The molecule has 0 aromatic heterocycles. The van der Waals surface area contributed by atoms with E-state index in [1.807, 2.05) is 30.3 Å². The SMILES string of the molecule is CC1CCN(CCCNC(=O)C2CCC3C(=O)N(CCc4ccccc4)C(=O)NC3C2)CC1. The summed E-state index contributed by atoms with van der Waals surface area (Å²) < 4.78 is 0. The van der Waals surface area contributed by atoms with E-state index in [0.717, 1.165) is 37.5 Å². The van der Waals surface area contributed by atoms with Crippen molar-refractivity contribution in [1.82, 2.24) is 20.4 Å². The molecular formula is C26H38N4O3. The second-order valence-corrected chi connectivity index (χ2v) is 10.1. The minimum Gasteiger partial charge on any atom is -0.356 e. The Balaban J connectivity index is 1.20. The first-order valence-corrected chi connectivity index (χ1v) is 12.7. The van der Waals surface area contributed by atoms with E-state index < -0.39 is 0 Å². The van der Waals surface area contributed by atoms with Crippen LogP contribution in [0.1, 0.15) is 51.0 Å². The lowest BCUT2D eigenvalue weighted by molar-refractivity contribution is -0.139. The van der Waals surface area contributed by atoms with Crippen molar-refractivity contribution >= 4 is 17.8 Å². The van der Waals surface area contributed by atoms with Crippen molar-refractivity contribution in [3.05, 3.63) is 35.9 Å². The summed E-state index contributed by atoms with van der Waals surface area (Å²) in [5, 5.41) is 6.11. The molecule has 0 spiro atoms. The molecular weight excluding hydrogens is 416 g/mol. The molecule has 3 atom stereocenters. The number of urea groups is 1. The normalized spacial score (nSPS) is 26.6. The molecule has 33 heavy (non-hydrogen) atoms. The van der Waals surface area contributed by atoms with Gasteiger partial charge in [0.2, 0.25) is 11.8 Å². The third-order valence-corrected chi connectivity index (χ3v) is 7.65. The fraction of sp³-hybridized carbons (Fsp3) is 0.654. The number of imide groups is 1. The molecule has 2 aliphatic heterocycles. The topological polar surface area (TPSA) is 81.8 Å². The van der Waals surface area contributed by atoms with Crippen molar-refractivity contribution in [3.63, 3.8) is 0 Å². The summed E-state index contributed by atoms with van der Waals surface area (Å²) in [5.41, 5.74) is 1.11. The molecule has 2 saturated heterocycles. The lowest BCUT2D eigenvalue weighted by atomic mass is 9.76. The van der Waals surface area contributed by atoms with Crippen LogP contribution in [0.4, 0.5) is 4.79 Å². The van der Waals surface area contributed by atoms with Gasteiger partial charge in [-0.3, -0.25) is 14.5 Å². The van der Waals surface area contributed by atoms with E-state index in [9.17, 15) is 14.4 Å². The molecule has 1 saturated carbocycles. The largest absolute Gasteiger partial charge is 0.356 e. The number of rotatable bonds is 8. The molecule has 1 aromatic carbocycles.